The summed E-state index contributed by atoms with van der Waals surface area (Å²) in [6.45, 7) is 7.04. The quantitative estimate of drug-likeness (QED) is 0.712. The van der Waals surface area contributed by atoms with Crippen molar-refractivity contribution >= 4 is 27.5 Å². The first-order valence-corrected chi connectivity index (χ1v) is 12.7. The third-order valence-corrected chi connectivity index (χ3v) is 8.20. The number of anilines is 1. The summed E-state index contributed by atoms with van der Waals surface area (Å²) >= 11 is 0. The van der Waals surface area contributed by atoms with Crippen LogP contribution in [0.15, 0.2) is 23.1 Å². The van der Waals surface area contributed by atoms with E-state index in [0.717, 1.165) is 25.9 Å². The fraction of sp³-hybridized carbons (Fsp3) is 0.636. The van der Waals surface area contributed by atoms with Crippen molar-refractivity contribution in [2.45, 2.75) is 62.9 Å². The van der Waals surface area contributed by atoms with Crippen LogP contribution in [0.3, 0.4) is 0 Å². The van der Waals surface area contributed by atoms with Gasteiger partial charge in [0.1, 0.15) is 0 Å². The van der Waals surface area contributed by atoms with Crippen molar-refractivity contribution in [1.29, 1.82) is 0 Å². The summed E-state index contributed by atoms with van der Waals surface area (Å²) in [5.41, 5.74) is 1.15. The van der Waals surface area contributed by atoms with Gasteiger partial charge in [-0.25, -0.2) is 8.42 Å². The Balaban J connectivity index is 1.45. The second kappa shape index (κ2) is 8.88. The number of sulfonamides is 1. The molecule has 31 heavy (non-hydrogen) atoms. The number of hydrogen-bond donors (Lipinski definition) is 1. The predicted octanol–water partition coefficient (Wildman–Crippen LogP) is 1.49. The molecule has 3 aliphatic rings. The van der Waals surface area contributed by atoms with Crippen LogP contribution in [0.25, 0.3) is 0 Å². The van der Waals surface area contributed by atoms with Crippen LogP contribution in [0.4, 0.5) is 5.69 Å². The molecule has 0 spiro atoms. The zero-order valence-corrected chi connectivity index (χ0v) is 19.2. The Morgan fingerprint density at radius 1 is 1.10 bits per heavy atom. The van der Waals surface area contributed by atoms with Crippen LogP contribution in [0.1, 0.15) is 44.6 Å². The summed E-state index contributed by atoms with van der Waals surface area (Å²) in [6, 6.07) is 4.77. The lowest BCUT2D eigenvalue weighted by Crippen LogP contribution is -2.48. The van der Waals surface area contributed by atoms with Crippen LogP contribution in [0.5, 0.6) is 0 Å². The van der Waals surface area contributed by atoms with E-state index in [0.29, 0.717) is 43.3 Å². The highest BCUT2D eigenvalue weighted by molar-refractivity contribution is 7.89. The number of nitrogens with zero attached hydrogens (tertiary/aromatic N) is 3. The fourth-order valence-corrected chi connectivity index (χ4v) is 6.13. The molecule has 1 atom stereocenters. The number of carbonyl (C=O) groups excluding carboxylic acids is 2. The Kier molecular flexibility index (Phi) is 6.37. The number of rotatable bonds is 6. The summed E-state index contributed by atoms with van der Waals surface area (Å²) in [4.78, 5) is 31.1. The zero-order chi connectivity index (χ0) is 22.2. The lowest BCUT2D eigenvalue weighted by atomic mass is 10.2. The van der Waals surface area contributed by atoms with Gasteiger partial charge in [0.05, 0.1) is 10.9 Å². The van der Waals surface area contributed by atoms with Crippen molar-refractivity contribution in [3.05, 3.63) is 23.8 Å². The molecule has 2 amide bonds. The van der Waals surface area contributed by atoms with Gasteiger partial charge in [-0.2, -0.15) is 4.72 Å². The van der Waals surface area contributed by atoms with Gasteiger partial charge in [-0.1, -0.05) is 6.07 Å². The van der Waals surface area contributed by atoms with Crippen molar-refractivity contribution in [2.24, 2.45) is 0 Å². The van der Waals surface area contributed by atoms with Gasteiger partial charge in [0, 0.05) is 50.9 Å². The molecule has 0 unspecified atom stereocenters. The highest BCUT2D eigenvalue weighted by atomic mass is 32.2. The van der Waals surface area contributed by atoms with E-state index in [1.807, 2.05) is 0 Å². The first-order chi connectivity index (χ1) is 14.8. The minimum atomic E-state index is -3.91. The number of carbonyl (C=O) groups is 2. The fourth-order valence-electron chi connectivity index (χ4n) is 4.67. The zero-order valence-electron chi connectivity index (χ0n) is 18.3. The summed E-state index contributed by atoms with van der Waals surface area (Å²) in [5, 5.41) is 0. The first kappa shape index (κ1) is 22.2. The largest absolute Gasteiger partial charge is 0.340 e. The summed E-state index contributed by atoms with van der Waals surface area (Å²) in [5.74, 6) is -0.180. The molecule has 1 N–H and O–H groups in total. The molecule has 2 saturated heterocycles. The maximum absolute atomic E-state index is 13.1. The summed E-state index contributed by atoms with van der Waals surface area (Å²) in [6.07, 6.45) is 4.64. The molecule has 2 aliphatic heterocycles. The molecular formula is C22H32N4O4S. The Morgan fingerprint density at radius 3 is 2.55 bits per heavy atom. The molecule has 9 heteroatoms. The number of amides is 2. The van der Waals surface area contributed by atoms with Crippen LogP contribution in [-0.2, 0) is 19.6 Å². The molecular weight excluding hydrogens is 416 g/mol. The minimum absolute atomic E-state index is 0.00978. The normalized spacial score (nSPS) is 21.9. The van der Waals surface area contributed by atoms with E-state index < -0.39 is 16.1 Å². The standard InChI is InChI=1S/C22H32N4O4S/c1-16-19(26-13-4-8-21(26)27)6-3-7-20(16)31(29,30)23-17(2)22(28)25-12-5-11-24(14-15-25)18-9-10-18/h3,6-7,17-18,23H,4-5,8-15H2,1-2H3/t17-/m0/s1. The number of benzene rings is 1. The monoisotopic (exact) mass is 448 g/mol. The molecule has 2 heterocycles. The second-order valence-electron chi connectivity index (χ2n) is 8.84. The SMILES string of the molecule is Cc1c(N2CCCC2=O)cccc1S(=O)(=O)N[C@@H](C)C(=O)N1CCCN(C2CC2)CC1. The van der Waals surface area contributed by atoms with Crippen LogP contribution in [0.2, 0.25) is 0 Å². The van der Waals surface area contributed by atoms with E-state index in [1.165, 1.54) is 18.9 Å². The topological polar surface area (TPSA) is 90.0 Å². The van der Waals surface area contributed by atoms with Crippen molar-refractivity contribution in [2.75, 3.05) is 37.6 Å². The maximum atomic E-state index is 13.1. The summed E-state index contributed by atoms with van der Waals surface area (Å²) in [7, 11) is -3.91. The van der Waals surface area contributed by atoms with Crippen LogP contribution < -0.4 is 9.62 Å². The Bertz CT molecular complexity index is 960. The lowest BCUT2D eigenvalue weighted by Gasteiger charge is -2.26. The van der Waals surface area contributed by atoms with Gasteiger partial charge in [-0.15, -0.1) is 0 Å². The van der Waals surface area contributed by atoms with E-state index >= 15 is 0 Å². The van der Waals surface area contributed by atoms with E-state index in [4.69, 9.17) is 0 Å². The van der Waals surface area contributed by atoms with Gasteiger partial charge in [-0.3, -0.25) is 14.5 Å². The summed E-state index contributed by atoms with van der Waals surface area (Å²) < 4.78 is 28.8. The van der Waals surface area contributed by atoms with Gasteiger partial charge in [0.15, 0.2) is 0 Å². The van der Waals surface area contributed by atoms with Crippen molar-refractivity contribution in [3.8, 4) is 0 Å². The van der Waals surface area contributed by atoms with E-state index in [2.05, 4.69) is 9.62 Å². The first-order valence-electron chi connectivity index (χ1n) is 11.2. The molecule has 3 fully saturated rings. The van der Waals surface area contributed by atoms with Crippen molar-refractivity contribution in [3.63, 3.8) is 0 Å². The smallest absolute Gasteiger partial charge is 0.241 e. The Labute approximate surface area is 184 Å². The van der Waals surface area contributed by atoms with Gasteiger partial charge < -0.3 is 9.80 Å². The molecule has 0 radical (unpaired) electrons. The van der Waals surface area contributed by atoms with Crippen LogP contribution >= 0.6 is 0 Å². The molecule has 1 aromatic rings. The molecule has 1 aliphatic carbocycles. The van der Waals surface area contributed by atoms with Crippen LogP contribution in [-0.4, -0.2) is 74.8 Å². The maximum Gasteiger partial charge on any atom is 0.241 e. The van der Waals surface area contributed by atoms with E-state index in [-0.39, 0.29) is 16.7 Å². The van der Waals surface area contributed by atoms with E-state index in [9.17, 15) is 18.0 Å². The third-order valence-electron chi connectivity index (χ3n) is 6.52. The molecule has 8 nitrogen and oxygen atoms in total. The Morgan fingerprint density at radius 2 is 1.87 bits per heavy atom. The highest BCUT2D eigenvalue weighted by Gasteiger charge is 2.33. The van der Waals surface area contributed by atoms with Crippen LogP contribution in [0, 0.1) is 6.92 Å². The average Bonchev–Trinajstić information content (AvgIpc) is 3.51. The Hall–Kier alpha value is -1.97. The predicted molar refractivity (Wildman–Crippen MR) is 118 cm³/mol. The number of nitrogens with one attached hydrogen (secondary N) is 1. The van der Waals surface area contributed by atoms with Gasteiger partial charge >= 0.3 is 0 Å². The van der Waals surface area contributed by atoms with Crippen molar-refractivity contribution < 1.29 is 18.0 Å². The van der Waals surface area contributed by atoms with E-state index in [1.54, 1.807) is 35.8 Å². The molecule has 4 rings (SSSR count). The molecule has 0 bridgehead atoms. The second-order valence-corrected chi connectivity index (χ2v) is 10.5. The molecule has 1 aromatic carbocycles. The third kappa shape index (κ3) is 4.78. The highest BCUT2D eigenvalue weighted by Crippen LogP contribution is 2.30. The minimum Gasteiger partial charge on any atom is -0.340 e. The van der Waals surface area contributed by atoms with Crippen molar-refractivity contribution in [1.82, 2.24) is 14.5 Å². The van der Waals surface area contributed by atoms with Gasteiger partial charge in [0.2, 0.25) is 21.8 Å². The average molecular weight is 449 g/mol. The molecule has 170 valence electrons. The lowest BCUT2D eigenvalue weighted by molar-refractivity contribution is -0.132. The number of hydrogen-bond acceptors (Lipinski definition) is 5. The van der Waals surface area contributed by atoms with Gasteiger partial charge in [-0.05, 0) is 57.2 Å². The molecule has 0 aromatic heterocycles. The molecule has 1 saturated carbocycles. The van der Waals surface area contributed by atoms with Gasteiger partial charge in [0.25, 0.3) is 0 Å².